The molecule has 7 aromatic rings. The molecule has 0 aliphatic heterocycles. The molecule has 0 fully saturated rings. The molecule has 0 bridgehead atoms. The highest BCUT2D eigenvalue weighted by molar-refractivity contribution is 6.17. The third-order valence-corrected chi connectivity index (χ3v) is 7.53. The van der Waals surface area contributed by atoms with E-state index in [9.17, 15) is 0 Å². The molecule has 2 aromatic heterocycles. The summed E-state index contributed by atoms with van der Waals surface area (Å²) >= 11 is 0. The maximum atomic E-state index is 5.21. The van der Waals surface area contributed by atoms with Crippen LogP contribution in [0.2, 0.25) is 0 Å². The van der Waals surface area contributed by atoms with Crippen LogP contribution in [0.4, 0.5) is 0 Å². The van der Waals surface area contributed by atoms with Crippen molar-refractivity contribution in [2.75, 3.05) is 0 Å². The molecule has 2 heterocycles. The molecule has 0 radical (unpaired) electrons. The fourth-order valence-corrected chi connectivity index (χ4v) is 5.84. The highest BCUT2D eigenvalue weighted by Crippen LogP contribution is 2.49. The van der Waals surface area contributed by atoms with Crippen molar-refractivity contribution in [3.8, 4) is 55.9 Å². The molecular formula is C35H21N3. The minimum atomic E-state index is 0.889. The Hall–Kier alpha value is -5.15. The molecule has 5 aromatic carbocycles. The van der Waals surface area contributed by atoms with E-state index in [1.165, 1.54) is 33.2 Å². The minimum Gasteiger partial charge on any atom is -0.264 e. The van der Waals surface area contributed by atoms with Crippen molar-refractivity contribution >= 4 is 21.8 Å². The molecular weight excluding hydrogens is 462 g/mol. The van der Waals surface area contributed by atoms with Gasteiger partial charge in [0.1, 0.15) is 0 Å². The molecule has 0 amide bonds. The van der Waals surface area contributed by atoms with Gasteiger partial charge < -0.3 is 0 Å². The van der Waals surface area contributed by atoms with Gasteiger partial charge in [0.25, 0.3) is 0 Å². The van der Waals surface area contributed by atoms with Crippen molar-refractivity contribution in [1.82, 2.24) is 15.0 Å². The Kier molecular flexibility index (Phi) is 4.52. The third kappa shape index (κ3) is 3.06. The standard InChI is InChI=1S/C35H21N3/c1-2-9-22(10-3-1)34-35(38-32-16-7-6-15-31(32)37-34)29-18-17-28-30-21-36-20-19-25(30)23-11-4-5-12-24(23)26-13-8-14-27(29)33(26)28/h1-21H. The van der Waals surface area contributed by atoms with Crippen LogP contribution in [0, 0.1) is 0 Å². The van der Waals surface area contributed by atoms with Gasteiger partial charge in [-0.3, -0.25) is 4.98 Å². The van der Waals surface area contributed by atoms with Gasteiger partial charge in [0.2, 0.25) is 0 Å². The number of rotatable bonds is 2. The summed E-state index contributed by atoms with van der Waals surface area (Å²) in [5, 5.41) is 2.38. The number of aromatic nitrogens is 3. The first-order valence-electron chi connectivity index (χ1n) is 12.8. The molecule has 1 aliphatic carbocycles. The Morgan fingerprint density at radius 3 is 1.82 bits per heavy atom. The fourth-order valence-electron chi connectivity index (χ4n) is 5.84. The van der Waals surface area contributed by atoms with E-state index in [1.807, 2.05) is 42.7 Å². The van der Waals surface area contributed by atoms with E-state index >= 15 is 0 Å². The highest BCUT2D eigenvalue weighted by Gasteiger charge is 2.24. The average molecular weight is 484 g/mol. The van der Waals surface area contributed by atoms with Crippen LogP contribution in [-0.2, 0) is 0 Å². The Morgan fingerprint density at radius 2 is 1.00 bits per heavy atom. The van der Waals surface area contributed by atoms with Gasteiger partial charge in [-0.15, -0.1) is 0 Å². The van der Waals surface area contributed by atoms with Gasteiger partial charge in [-0.05, 0) is 56.8 Å². The maximum absolute atomic E-state index is 5.21. The van der Waals surface area contributed by atoms with Crippen LogP contribution in [0.1, 0.15) is 0 Å². The Bertz CT molecular complexity index is 1970. The van der Waals surface area contributed by atoms with E-state index in [1.54, 1.807) is 0 Å². The Morgan fingerprint density at radius 1 is 0.395 bits per heavy atom. The predicted molar refractivity (Wildman–Crippen MR) is 156 cm³/mol. The zero-order chi connectivity index (χ0) is 25.1. The lowest BCUT2D eigenvalue weighted by atomic mass is 9.89. The Labute approximate surface area is 220 Å². The van der Waals surface area contributed by atoms with Gasteiger partial charge in [-0.1, -0.05) is 97.1 Å². The largest absolute Gasteiger partial charge is 0.264 e. The molecule has 38 heavy (non-hydrogen) atoms. The summed E-state index contributed by atoms with van der Waals surface area (Å²) in [7, 11) is 0. The minimum absolute atomic E-state index is 0.889. The van der Waals surface area contributed by atoms with E-state index in [-0.39, 0.29) is 0 Å². The molecule has 0 atom stereocenters. The van der Waals surface area contributed by atoms with Crippen molar-refractivity contribution in [3.63, 3.8) is 0 Å². The van der Waals surface area contributed by atoms with Crippen molar-refractivity contribution < 1.29 is 0 Å². The van der Waals surface area contributed by atoms with Crippen molar-refractivity contribution in [1.29, 1.82) is 0 Å². The van der Waals surface area contributed by atoms with Crippen LogP contribution < -0.4 is 0 Å². The first kappa shape index (κ1) is 21.0. The molecule has 0 N–H and O–H groups in total. The molecule has 0 saturated heterocycles. The molecule has 0 unspecified atom stereocenters. The summed E-state index contributed by atoms with van der Waals surface area (Å²) < 4.78 is 0. The third-order valence-electron chi connectivity index (χ3n) is 7.53. The number of nitrogens with zero attached hydrogens (tertiary/aromatic N) is 3. The molecule has 1 aliphatic rings. The highest BCUT2D eigenvalue weighted by atomic mass is 14.8. The fraction of sp³-hybridized carbons (Fsp3) is 0. The second-order valence-corrected chi connectivity index (χ2v) is 9.63. The number of hydrogen-bond acceptors (Lipinski definition) is 3. The quantitative estimate of drug-likeness (QED) is 0.246. The van der Waals surface area contributed by atoms with Crippen LogP contribution in [-0.4, -0.2) is 15.0 Å². The lowest BCUT2D eigenvalue weighted by molar-refractivity contribution is 1.30. The summed E-state index contributed by atoms with van der Waals surface area (Å²) in [4.78, 5) is 14.9. The van der Waals surface area contributed by atoms with Gasteiger partial charge in [-0.25, -0.2) is 9.97 Å². The summed E-state index contributed by atoms with van der Waals surface area (Å²) in [6.07, 6.45) is 3.88. The van der Waals surface area contributed by atoms with E-state index in [0.717, 1.165) is 44.5 Å². The van der Waals surface area contributed by atoms with Crippen molar-refractivity contribution in [2.24, 2.45) is 0 Å². The summed E-state index contributed by atoms with van der Waals surface area (Å²) in [5.41, 5.74) is 12.9. The van der Waals surface area contributed by atoms with Crippen LogP contribution in [0.25, 0.3) is 77.7 Å². The molecule has 176 valence electrons. The summed E-state index contributed by atoms with van der Waals surface area (Å²) in [6, 6.07) is 40.3. The van der Waals surface area contributed by atoms with Crippen molar-refractivity contribution in [2.45, 2.75) is 0 Å². The average Bonchev–Trinajstić information content (AvgIpc) is 3.11. The van der Waals surface area contributed by atoms with Crippen LogP contribution in [0.5, 0.6) is 0 Å². The SMILES string of the molecule is c1ccc(-c2nc3ccccc3nc2-c2ccc3c4c(cccc24)-c2ccccc2-c2ccncc2-3)cc1. The molecule has 3 heteroatoms. The van der Waals surface area contributed by atoms with E-state index in [4.69, 9.17) is 9.97 Å². The van der Waals surface area contributed by atoms with E-state index in [2.05, 4.69) is 89.9 Å². The summed E-state index contributed by atoms with van der Waals surface area (Å²) in [5.74, 6) is 0. The van der Waals surface area contributed by atoms with Crippen LogP contribution >= 0.6 is 0 Å². The number of hydrogen-bond donors (Lipinski definition) is 0. The number of para-hydroxylation sites is 2. The van der Waals surface area contributed by atoms with Gasteiger partial charge in [0.15, 0.2) is 0 Å². The molecule has 8 rings (SSSR count). The monoisotopic (exact) mass is 483 g/mol. The smallest absolute Gasteiger partial charge is 0.0979 e. The second-order valence-electron chi connectivity index (χ2n) is 9.63. The molecule has 0 saturated carbocycles. The maximum Gasteiger partial charge on any atom is 0.0979 e. The van der Waals surface area contributed by atoms with Crippen LogP contribution in [0.3, 0.4) is 0 Å². The topological polar surface area (TPSA) is 38.7 Å². The lowest BCUT2D eigenvalue weighted by Gasteiger charge is -2.16. The van der Waals surface area contributed by atoms with E-state index in [0.29, 0.717) is 0 Å². The van der Waals surface area contributed by atoms with Gasteiger partial charge >= 0.3 is 0 Å². The predicted octanol–water partition coefficient (Wildman–Crippen LogP) is 8.83. The van der Waals surface area contributed by atoms with Gasteiger partial charge in [-0.2, -0.15) is 0 Å². The second kappa shape index (κ2) is 8.19. The number of fused-ring (bicyclic) bond motifs is 6. The number of pyridine rings is 1. The Balaban J connectivity index is 1.51. The lowest BCUT2D eigenvalue weighted by Crippen LogP contribution is -1.97. The summed E-state index contributed by atoms with van der Waals surface area (Å²) in [6.45, 7) is 0. The number of benzene rings is 5. The first-order chi connectivity index (χ1) is 18.9. The van der Waals surface area contributed by atoms with Crippen LogP contribution in [0.15, 0.2) is 128 Å². The zero-order valence-electron chi connectivity index (χ0n) is 20.5. The first-order valence-corrected chi connectivity index (χ1v) is 12.8. The zero-order valence-corrected chi connectivity index (χ0v) is 20.5. The molecule has 0 spiro atoms. The van der Waals surface area contributed by atoms with E-state index < -0.39 is 0 Å². The normalized spacial score (nSPS) is 11.7. The van der Waals surface area contributed by atoms with Crippen molar-refractivity contribution in [3.05, 3.63) is 128 Å². The van der Waals surface area contributed by atoms with Gasteiger partial charge in [0, 0.05) is 29.1 Å². The molecule has 3 nitrogen and oxygen atoms in total. The van der Waals surface area contributed by atoms with Gasteiger partial charge in [0.05, 0.1) is 22.4 Å².